The first-order valence-corrected chi connectivity index (χ1v) is 5.45. The molecule has 1 heterocycles. The fourth-order valence-electron chi connectivity index (χ4n) is 1.42. The lowest BCUT2D eigenvalue weighted by atomic mass is 10.2. The molecular formula is C10H17N5O2. The first kappa shape index (κ1) is 13.2. The minimum absolute atomic E-state index is 0.153. The van der Waals surface area contributed by atoms with Crippen molar-refractivity contribution in [3.05, 3.63) is 18.0 Å². The van der Waals surface area contributed by atoms with Gasteiger partial charge in [0, 0.05) is 19.2 Å². The van der Waals surface area contributed by atoms with Crippen molar-refractivity contribution in [1.29, 1.82) is 0 Å². The van der Waals surface area contributed by atoms with Crippen LogP contribution in [0.1, 0.15) is 36.0 Å². The molecule has 0 aliphatic carbocycles. The maximum atomic E-state index is 10.8. The van der Waals surface area contributed by atoms with Crippen molar-refractivity contribution in [3.8, 4) is 0 Å². The number of hydrazine groups is 1. The molecule has 0 atom stereocenters. The molecule has 0 aliphatic heterocycles. The van der Waals surface area contributed by atoms with E-state index in [0.29, 0.717) is 18.5 Å². The van der Waals surface area contributed by atoms with Gasteiger partial charge in [-0.15, -0.1) is 0 Å². The average Bonchev–Trinajstić information content (AvgIpc) is 2.77. The summed E-state index contributed by atoms with van der Waals surface area (Å²) in [7, 11) is 0. The van der Waals surface area contributed by atoms with Crippen LogP contribution in [0.2, 0.25) is 0 Å². The highest BCUT2D eigenvalue weighted by atomic mass is 16.2. The lowest BCUT2D eigenvalue weighted by Gasteiger charge is -2.01. The molecule has 1 aromatic heterocycles. The Morgan fingerprint density at radius 3 is 2.71 bits per heavy atom. The Hall–Kier alpha value is -1.89. The van der Waals surface area contributed by atoms with Gasteiger partial charge in [0.05, 0.1) is 11.8 Å². The monoisotopic (exact) mass is 239 g/mol. The number of nitrogens with two attached hydrogens (primary N) is 2. The van der Waals surface area contributed by atoms with Crippen molar-refractivity contribution in [1.82, 2.24) is 15.2 Å². The molecule has 94 valence electrons. The predicted octanol–water partition coefficient (Wildman–Crippen LogP) is -0.468. The van der Waals surface area contributed by atoms with Crippen molar-refractivity contribution in [3.63, 3.8) is 0 Å². The summed E-state index contributed by atoms with van der Waals surface area (Å²) in [6, 6.07) is 0. The fourth-order valence-corrected chi connectivity index (χ4v) is 1.42. The highest BCUT2D eigenvalue weighted by Gasteiger charge is 2.03. The van der Waals surface area contributed by atoms with Crippen LogP contribution in [-0.2, 0) is 11.3 Å². The van der Waals surface area contributed by atoms with E-state index in [1.54, 1.807) is 10.9 Å². The Morgan fingerprint density at radius 2 is 2.12 bits per heavy atom. The van der Waals surface area contributed by atoms with Gasteiger partial charge >= 0.3 is 0 Å². The summed E-state index contributed by atoms with van der Waals surface area (Å²) in [5, 5.41) is 4.00. The highest BCUT2D eigenvalue weighted by Crippen LogP contribution is 2.03. The summed E-state index contributed by atoms with van der Waals surface area (Å²) in [6.07, 6.45) is 6.07. The van der Waals surface area contributed by atoms with Crippen LogP contribution in [0, 0.1) is 0 Å². The Labute approximate surface area is 99.1 Å². The Bertz CT molecular complexity index is 388. The van der Waals surface area contributed by atoms with Crippen molar-refractivity contribution in [2.75, 3.05) is 0 Å². The third-order valence-corrected chi connectivity index (χ3v) is 2.37. The van der Waals surface area contributed by atoms with Crippen LogP contribution in [0.15, 0.2) is 12.4 Å². The van der Waals surface area contributed by atoms with Crippen LogP contribution in [0.3, 0.4) is 0 Å². The molecule has 1 aromatic rings. The molecule has 2 amide bonds. The second-order valence-electron chi connectivity index (χ2n) is 3.73. The van der Waals surface area contributed by atoms with Crippen LogP contribution in [0.25, 0.3) is 0 Å². The molecular weight excluding hydrogens is 222 g/mol. The second kappa shape index (κ2) is 6.64. The maximum Gasteiger partial charge on any atom is 0.251 e. The molecule has 0 radical (unpaired) electrons. The number of primary amides is 1. The molecule has 7 nitrogen and oxygen atoms in total. The number of rotatable bonds is 7. The Balaban J connectivity index is 2.18. The van der Waals surface area contributed by atoms with Gasteiger partial charge in [-0.25, -0.2) is 5.84 Å². The fraction of sp³-hybridized carbons (Fsp3) is 0.500. The zero-order chi connectivity index (χ0) is 12.7. The first-order valence-electron chi connectivity index (χ1n) is 5.45. The van der Waals surface area contributed by atoms with Crippen LogP contribution in [0.5, 0.6) is 0 Å². The van der Waals surface area contributed by atoms with Gasteiger partial charge in [-0.1, -0.05) is 6.42 Å². The van der Waals surface area contributed by atoms with Crippen LogP contribution in [0.4, 0.5) is 0 Å². The van der Waals surface area contributed by atoms with Gasteiger partial charge < -0.3 is 5.73 Å². The van der Waals surface area contributed by atoms with E-state index >= 15 is 0 Å². The van der Waals surface area contributed by atoms with Crippen molar-refractivity contribution in [2.45, 2.75) is 32.2 Å². The quantitative estimate of drug-likeness (QED) is 0.258. The van der Waals surface area contributed by atoms with Crippen LogP contribution >= 0.6 is 0 Å². The van der Waals surface area contributed by atoms with Gasteiger partial charge in [0.15, 0.2) is 0 Å². The molecule has 0 bridgehead atoms. The number of aryl methyl sites for hydroxylation is 1. The highest BCUT2D eigenvalue weighted by molar-refractivity contribution is 5.92. The number of unbranched alkanes of at least 4 members (excludes halogenated alkanes) is 2. The van der Waals surface area contributed by atoms with E-state index in [1.165, 1.54) is 6.20 Å². The van der Waals surface area contributed by atoms with Gasteiger partial charge in [0.1, 0.15) is 0 Å². The number of nitrogens with zero attached hydrogens (tertiary/aromatic N) is 2. The molecule has 0 fully saturated rings. The molecule has 0 aliphatic rings. The summed E-state index contributed by atoms with van der Waals surface area (Å²) in [4.78, 5) is 21.6. The molecule has 0 unspecified atom stereocenters. The minimum atomic E-state index is -0.476. The van der Waals surface area contributed by atoms with E-state index in [0.717, 1.165) is 19.3 Å². The molecule has 17 heavy (non-hydrogen) atoms. The summed E-state index contributed by atoms with van der Waals surface area (Å²) in [5.74, 6) is 4.32. The normalized spacial score (nSPS) is 10.2. The lowest BCUT2D eigenvalue weighted by molar-refractivity contribution is -0.121. The maximum absolute atomic E-state index is 10.8. The van der Waals surface area contributed by atoms with Crippen molar-refractivity contribution in [2.24, 2.45) is 11.6 Å². The molecule has 5 N–H and O–H groups in total. The van der Waals surface area contributed by atoms with Gasteiger partial charge in [-0.05, 0) is 12.8 Å². The van der Waals surface area contributed by atoms with E-state index in [1.807, 2.05) is 0 Å². The topological polar surface area (TPSA) is 116 Å². The van der Waals surface area contributed by atoms with Crippen molar-refractivity contribution >= 4 is 11.8 Å². The smallest absolute Gasteiger partial charge is 0.251 e. The van der Waals surface area contributed by atoms with E-state index in [2.05, 4.69) is 10.5 Å². The summed E-state index contributed by atoms with van der Waals surface area (Å²) in [6.45, 7) is 0.706. The standard InChI is InChI=1S/C10H17N5O2/c11-10(17)8-6-13-15(7-8)5-3-1-2-4-9(16)14-12/h6-7H,1-5,12H2,(H2,11,17)(H,14,16). The van der Waals surface area contributed by atoms with E-state index in [-0.39, 0.29) is 5.91 Å². The van der Waals surface area contributed by atoms with Crippen LogP contribution in [-0.4, -0.2) is 21.6 Å². The third kappa shape index (κ3) is 4.64. The zero-order valence-electron chi connectivity index (χ0n) is 9.56. The summed E-state index contributed by atoms with van der Waals surface area (Å²) < 4.78 is 1.67. The first-order chi connectivity index (χ1) is 8.13. The zero-order valence-corrected chi connectivity index (χ0v) is 9.56. The molecule has 0 aromatic carbocycles. The lowest BCUT2D eigenvalue weighted by Crippen LogP contribution is -2.29. The second-order valence-corrected chi connectivity index (χ2v) is 3.73. The van der Waals surface area contributed by atoms with Gasteiger partial charge in [-0.3, -0.25) is 19.7 Å². The predicted molar refractivity (Wildman–Crippen MR) is 61.5 cm³/mol. The number of carbonyl (C=O) groups is 2. The number of amides is 2. The third-order valence-electron chi connectivity index (χ3n) is 2.37. The Morgan fingerprint density at radius 1 is 1.35 bits per heavy atom. The molecule has 0 saturated heterocycles. The number of nitrogens with one attached hydrogen (secondary N) is 1. The summed E-state index contributed by atoms with van der Waals surface area (Å²) in [5.41, 5.74) is 7.59. The van der Waals surface area contributed by atoms with Gasteiger partial charge in [0.25, 0.3) is 5.91 Å². The van der Waals surface area contributed by atoms with Crippen molar-refractivity contribution < 1.29 is 9.59 Å². The largest absolute Gasteiger partial charge is 0.366 e. The molecule has 7 heteroatoms. The van der Waals surface area contributed by atoms with Gasteiger partial charge in [-0.2, -0.15) is 5.10 Å². The number of hydrogen-bond donors (Lipinski definition) is 3. The molecule has 0 spiro atoms. The SMILES string of the molecule is NNC(=O)CCCCCn1cc(C(N)=O)cn1. The minimum Gasteiger partial charge on any atom is -0.366 e. The number of carbonyl (C=O) groups excluding carboxylic acids is 2. The van der Waals surface area contributed by atoms with E-state index in [9.17, 15) is 9.59 Å². The molecule has 0 saturated carbocycles. The van der Waals surface area contributed by atoms with Gasteiger partial charge in [0.2, 0.25) is 5.91 Å². The van der Waals surface area contributed by atoms with E-state index in [4.69, 9.17) is 11.6 Å². The summed E-state index contributed by atoms with van der Waals surface area (Å²) >= 11 is 0. The Kier molecular flexibility index (Phi) is 5.15. The number of hydrogen-bond acceptors (Lipinski definition) is 4. The van der Waals surface area contributed by atoms with Crippen LogP contribution < -0.4 is 17.0 Å². The number of aromatic nitrogens is 2. The average molecular weight is 239 g/mol. The molecule has 1 rings (SSSR count). The van der Waals surface area contributed by atoms with E-state index < -0.39 is 5.91 Å².